The largest absolute Gasteiger partial charge is 0.205 e. The number of nitrogens with zero attached hydrogens (tertiary/aromatic N) is 1. The number of aryl methyl sites for hydroxylation is 1. The first kappa shape index (κ1) is 10.8. The van der Waals surface area contributed by atoms with Crippen LogP contribution >= 0.6 is 0 Å². The lowest BCUT2D eigenvalue weighted by Gasteiger charge is -2.02. The zero-order valence-electron chi connectivity index (χ0n) is 9.36. The lowest BCUT2D eigenvalue weighted by Crippen LogP contribution is -2.38. The van der Waals surface area contributed by atoms with Crippen LogP contribution in [-0.4, -0.2) is 0 Å². The van der Waals surface area contributed by atoms with Gasteiger partial charge in [-0.3, -0.25) is 0 Å². The van der Waals surface area contributed by atoms with Crippen LogP contribution in [0.4, 0.5) is 4.39 Å². The van der Waals surface area contributed by atoms with E-state index in [-0.39, 0.29) is 5.82 Å². The summed E-state index contributed by atoms with van der Waals surface area (Å²) in [4.78, 5) is 0. The van der Waals surface area contributed by atoms with Gasteiger partial charge in [0.25, 0.3) is 0 Å². The van der Waals surface area contributed by atoms with E-state index in [1.54, 1.807) is 6.20 Å². The molecule has 0 saturated heterocycles. The van der Waals surface area contributed by atoms with E-state index in [9.17, 15) is 4.39 Å². The average Bonchev–Trinajstić information content (AvgIpc) is 2.31. The van der Waals surface area contributed by atoms with Crippen LogP contribution < -0.4 is 4.57 Å². The van der Waals surface area contributed by atoms with E-state index >= 15 is 0 Å². The Balaban J connectivity index is 2.30. The monoisotopic (exact) mass is 216 g/mol. The Morgan fingerprint density at radius 2 is 1.81 bits per heavy atom. The molecule has 0 spiro atoms. The van der Waals surface area contributed by atoms with Crippen molar-refractivity contribution >= 4 is 0 Å². The number of halogens is 1. The lowest BCUT2D eigenvalue weighted by molar-refractivity contribution is -0.697. The maximum absolute atomic E-state index is 13.2. The molecule has 1 nitrogen and oxygen atoms in total. The van der Waals surface area contributed by atoms with Crippen LogP contribution in [0.1, 0.15) is 18.2 Å². The number of aromatic nitrogens is 1. The second-order valence-electron chi connectivity index (χ2n) is 3.81. The van der Waals surface area contributed by atoms with E-state index in [1.807, 2.05) is 28.8 Å². The third-order valence-corrected chi connectivity index (χ3v) is 2.64. The molecule has 1 aromatic carbocycles. The maximum Gasteiger partial charge on any atom is 0.205 e. The highest BCUT2D eigenvalue weighted by Crippen LogP contribution is 2.02. The van der Waals surface area contributed by atoms with E-state index in [2.05, 4.69) is 19.1 Å². The van der Waals surface area contributed by atoms with Crippen molar-refractivity contribution in [2.45, 2.75) is 19.9 Å². The van der Waals surface area contributed by atoms with Crippen molar-refractivity contribution in [3.8, 4) is 0 Å². The number of hydrogen-bond acceptors (Lipinski definition) is 0. The lowest BCUT2D eigenvalue weighted by atomic mass is 10.2. The molecule has 0 radical (unpaired) electrons. The Labute approximate surface area is 95.2 Å². The van der Waals surface area contributed by atoms with Gasteiger partial charge in [0.1, 0.15) is 0 Å². The molecule has 0 unspecified atom stereocenters. The van der Waals surface area contributed by atoms with Gasteiger partial charge in [-0.05, 0) is 6.07 Å². The van der Waals surface area contributed by atoms with Gasteiger partial charge < -0.3 is 0 Å². The van der Waals surface area contributed by atoms with Crippen molar-refractivity contribution in [1.82, 2.24) is 0 Å². The molecule has 0 aliphatic carbocycles. The smallest absolute Gasteiger partial charge is 0.200 e. The van der Waals surface area contributed by atoms with Crippen LogP contribution in [0.2, 0.25) is 0 Å². The third-order valence-electron chi connectivity index (χ3n) is 2.64. The molecule has 0 aliphatic rings. The molecular formula is C14H15FN+. The molecule has 0 N–H and O–H groups in total. The van der Waals surface area contributed by atoms with Crippen LogP contribution in [0.25, 0.3) is 0 Å². The summed E-state index contributed by atoms with van der Waals surface area (Å²) in [6, 6.07) is 13.5. The van der Waals surface area contributed by atoms with Gasteiger partial charge in [-0.25, -0.2) is 4.39 Å². The first-order chi connectivity index (χ1) is 7.79. The van der Waals surface area contributed by atoms with E-state index < -0.39 is 0 Å². The summed E-state index contributed by atoms with van der Waals surface area (Å²) in [6.07, 6.45) is 2.47. The zero-order valence-corrected chi connectivity index (χ0v) is 9.36. The molecule has 1 aromatic heterocycles. The first-order valence-corrected chi connectivity index (χ1v) is 5.51. The molecule has 0 bridgehead atoms. The van der Waals surface area contributed by atoms with Crippen LogP contribution in [0.5, 0.6) is 0 Å². The fraction of sp³-hybridized carbons (Fsp3) is 0.214. The van der Waals surface area contributed by atoms with Gasteiger partial charge in [0.2, 0.25) is 6.20 Å². The highest BCUT2D eigenvalue weighted by Gasteiger charge is 2.10. The highest BCUT2D eigenvalue weighted by atomic mass is 19.1. The molecule has 2 rings (SSSR count). The van der Waals surface area contributed by atoms with Crippen LogP contribution in [-0.2, 0) is 13.0 Å². The van der Waals surface area contributed by atoms with E-state index in [1.165, 1.54) is 11.6 Å². The van der Waals surface area contributed by atoms with E-state index in [0.29, 0.717) is 0 Å². The molecule has 0 aliphatic heterocycles. The van der Waals surface area contributed by atoms with Gasteiger partial charge in [-0.1, -0.05) is 37.3 Å². The summed E-state index contributed by atoms with van der Waals surface area (Å²) in [7, 11) is 0. The second kappa shape index (κ2) is 4.88. The third kappa shape index (κ3) is 2.45. The Hall–Kier alpha value is -1.70. The molecule has 0 atom stereocenters. The minimum Gasteiger partial charge on any atom is -0.200 e. The van der Waals surface area contributed by atoms with Gasteiger partial charge in [-0.2, -0.15) is 4.57 Å². The van der Waals surface area contributed by atoms with Crippen molar-refractivity contribution in [3.63, 3.8) is 0 Å². The molecule has 0 amide bonds. The molecule has 16 heavy (non-hydrogen) atoms. The maximum atomic E-state index is 13.2. The molecule has 1 heterocycles. The summed E-state index contributed by atoms with van der Waals surface area (Å²) in [5.74, 6) is -0.187. The fourth-order valence-corrected chi connectivity index (χ4v) is 1.79. The second-order valence-corrected chi connectivity index (χ2v) is 3.81. The summed E-state index contributed by atoms with van der Waals surface area (Å²) in [5.41, 5.74) is 2.33. The Morgan fingerprint density at radius 3 is 2.50 bits per heavy atom. The van der Waals surface area contributed by atoms with Crippen molar-refractivity contribution in [3.05, 3.63) is 65.7 Å². The minimum absolute atomic E-state index is 0.187. The van der Waals surface area contributed by atoms with Crippen LogP contribution in [0.15, 0.2) is 48.7 Å². The molecule has 2 heteroatoms. The van der Waals surface area contributed by atoms with Crippen molar-refractivity contribution in [2.24, 2.45) is 0 Å². The quantitative estimate of drug-likeness (QED) is 0.695. The Bertz CT molecular complexity index is 465. The van der Waals surface area contributed by atoms with Gasteiger partial charge in [0.05, 0.1) is 0 Å². The minimum atomic E-state index is -0.187. The standard InChI is InChI=1S/C14H15FN/c1-2-14-9-8-13(15)11-16(14)10-12-6-4-3-5-7-12/h3-9,11H,2,10H2,1H3/q+1. The fourth-order valence-electron chi connectivity index (χ4n) is 1.79. The summed E-state index contributed by atoms with van der Waals surface area (Å²) in [6.45, 7) is 2.80. The molecular weight excluding hydrogens is 201 g/mol. The molecule has 0 saturated carbocycles. The first-order valence-electron chi connectivity index (χ1n) is 5.51. The highest BCUT2D eigenvalue weighted by molar-refractivity contribution is 5.13. The van der Waals surface area contributed by atoms with Gasteiger partial charge in [0, 0.05) is 18.1 Å². The van der Waals surface area contributed by atoms with Crippen LogP contribution in [0.3, 0.4) is 0 Å². The number of benzene rings is 1. The normalized spacial score (nSPS) is 10.4. The van der Waals surface area contributed by atoms with Crippen molar-refractivity contribution in [2.75, 3.05) is 0 Å². The Kier molecular flexibility index (Phi) is 3.30. The summed E-state index contributed by atoms with van der Waals surface area (Å²) >= 11 is 0. The topological polar surface area (TPSA) is 3.88 Å². The van der Waals surface area contributed by atoms with Crippen molar-refractivity contribution < 1.29 is 8.96 Å². The van der Waals surface area contributed by atoms with Gasteiger partial charge in [0.15, 0.2) is 18.1 Å². The number of rotatable bonds is 3. The van der Waals surface area contributed by atoms with Crippen molar-refractivity contribution in [1.29, 1.82) is 0 Å². The zero-order chi connectivity index (χ0) is 11.4. The SMILES string of the molecule is CCc1ccc(F)c[n+]1Cc1ccccc1. The van der Waals surface area contributed by atoms with Crippen LogP contribution in [0, 0.1) is 5.82 Å². The predicted octanol–water partition coefficient (Wildman–Crippen LogP) is 2.72. The average molecular weight is 216 g/mol. The molecule has 0 fully saturated rings. The van der Waals surface area contributed by atoms with Gasteiger partial charge in [-0.15, -0.1) is 0 Å². The predicted molar refractivity (Wildman–Crippen MR) is 61.5 cm³/mol. The summed E-state index contributed by atoms with van der Waals surface area (Å²) in [5, 5.41) is 0. The van der Waals surface area contributed by atoms with E-state index in [0.717, 1.165) is 18.7 Å². The van der Waals surface area contributed by atoms with Gasteiger partial charge >= 0.3 is 0 Å². The number of pyridine rings is 1. The van der Waals surface area contributed by atoms with E-state index in [4.69, 9.17) is 0 Å². The molecule has 82 valence electrons. The molecule has 2 aromatic rings. The summed E-state index contributed by atoms with van der Waals surface area (Å²) < 4.78 is 15.1. The Morgan fingerprint density at radius 1 is 1.06 bits per heavy atom. The number of hydrogen-bond donors (Lipinski definition) is 0.